The largest absolute Gasteiger partial charge is 0.296 e. The van der Waals surface area contributed by atoms with Crippen molar-refractivity contribution in [2.75, 3.05) is 19.6 Å². The number of tetrazole rings is 1. The van der Waals surface area contributed by atoms with E-state index in [2.05, 4.69) is 20.3 Å². The molecule has 2 rings (SSSR count). The van der Waals surface area contributed by atoms with E-state index in [0.29, 0.717) is 6.54 Å². The lowest BCUT2D eigenvalue weighted by Gasteiger charge is -2.10. The fourth-order valence-corrected chi connectivity index (χ4v) is 1.61. The van der Waals surface area contributed by atoms with Crippen LogP contribution >= 0.6 is 0 Å². The summed E-state index contributed by atoms with van der Waals surface area (Å²) in [4.78, 5) is 15.0. The van der Waals surface area contributed by atoms with Gasteiger partial charge in [-0.05, 0) is 31.1 Å². The molecule has 1 aliphatic rings. The van der Waals surface area contributed by atoms with Crippen molar-refractivity contribution in [3.63, 3.8) is 0 Å². The van der Waals surface area contributed by atoms with Crippen LogP contribution in [0.2, 0.25) is 0 Å². The van der Waals surface area contributed by atoms with Crippen LogP contribution < -0.4 is 0 Å². The van der Waals surface area contributed by atoms with Crippen molar-refractivity contribution < 1.29 is 4.79 Å². The van der Waals surface area contributed by atoms with Crippen LogP contribution in [0.15, 0.2) is 0 Å². The number of nitrogens with zero attached hydrogens (tertiary/aromatic N) is 5. The highest BCUT2D eigenvalue weighted by atomic mass is 16.1. The van der Waals surface area contributed by atoms with E-state index in [4.69, 9.17) is 0 Å². The monoisotopic (exact) mass is 195 g/mol. The Kier molecular flexibility index (Phi) is 2.53. The topological polar surface area (TPSA) is 63.9 Å². The van der Waals surface area contributed by atoms with E-state index >= 15 is 0 Å². The Balaban J connectivity index is 1.95. The van der Waals surface area contributed by atoms with E-state index in [1.165, 1.54) is 17.6 Å². The third kappa shape index (κ3) is 1.95. The van der Waals surface area contributed by atoms with Gasteiger partial charge in [0, 0.05) is 0 Å². The van der Waals surface area contributed by atoms with Crippen LogP contribution in [-0.4, -0.2) is 50.5 Å². The second-order valence-corrected chi connectivity index (χ2v) is 3.51. The molecule has 0 unspecified atom stereocenters. The fourth-order valence-electron chi connectivity index (χ4n) is 1.61. The van der Waals surface area contributed by atoms with Gasteiger partial charge in [0.1, 0.15) is 0 Å². The van der Waals surface area contributed by atoms with E-state index < -0.39 is 0 Å². The molecular weight excluding hydrogens is 182 g/mol. The van der Waals surface area contributed by atoms with E-state index in [1.807, 2.05) is 0 Å². The maximum absolute atomic E-state index is 11.6. The average molecular weight is 195 g/mol. The summed E-state index contributed by atoms with van der Waals surface area (Å²) in [5, 5.41) is 11.2. The van der Waals surface area contributed by atoms with E-state index in [-0.39, 0.29) is 11.6 Å². The zero-order chi connectivity index (χ0) is 9.97. The Bertz CT molecular complexity index is 328. The normalized spacial score (nSPS) is 17.5. The highest BCUT2D eigenvalue weighted by molar-refractivity contribution is 5.93. The lowest BCUT2D eigenvalue weighted by Crippen LogP contribution is -2.27. The molecule has 76 valence electrons. The number of Topliss-reactive ketones (excluding diaryl/α,β-unsaturated/α-hetero) is 1. The molecule has 1 aliphatic heterocycles. The summed E-state index contributed by atoms with van der Waals surface area (Å²) in [6.45, 7) is 2.43. The zero-order valence-electron chi connectivity index (χ0n) is 8.18. The van der Waals surface area contributed by atoms with Gasteiger partial charge in [-0.1, -0.05) is 0 Å². The summed E-state index contributed by atoms with van der Waals surface area (Å²) in [7, 11) is 1.65. The van der Waals surface area contributed by atoms with Gasteiger partial charge < -0.3 is 0 Å². The molecule has 0 radical (unpaired) electrons. The average Bonchev–Trinajstić information content (AvgIpc) is 2.75. The van der Waals surface area contributed by atoms with Crippen LogP contribution in [0.25, 0.3) is 0 Å². The summed E-state index contributed by atoms with van der Waals surface area (Å²) >= 11 is 0. The van der Waals surface area contributed by atoms with Crippen LogP contribution in [0.5, 0.6) is 0 Å². The quantitative estimate of drug-likeness (QED) is 0.608. The van der Waals surface area contributed by atoms with Gasteiger partial charge in [0.05, 0.1) is 13.6 Å². The first kappa shape index (κ1) is 9.26. The Labute approximate surface area is 81.9 Å². The molecule has 14 heavy (non-hydrogen) atoms. The number of aromatic nitrogens is 4. The minimum atomic E-state index is -0.0417. The molecule has 0 bridgehead atoms. The SMILES string of the molecule is Cn1nnc(C(=O)CN2CCCC2)n1. The smallest absolute Gasteiger partial charge is 0.241 e. The number of rotatable bonds is 3. The lowest BCUT2D eigenvalue weighted by atomic mass is 10.3. The van der Waals surface area contributed by atoms with E-state index in [0.717, 1.165) is 13.1 Å². The first-order chi connectivity index (χ1) is 6.75. The van der Waals surface area contributed by atoms with E-state index in [1.54, 1.807) is 7.05 Å². The Morgan fingerprint density at radius 3 is 2.71 bits per heavy atom. The number of likely N-dealkylation sites (tertiary alicyclic amines) is 1. The second kappa shape index (κ2) is 3.83. The van der Waals surface area contributed by atoms with Crippen LogP contribution in [0.1, 0.15) is 23.5 Å². The molecule has 0 amide bonds. The van der Waals surface area contributed by atoms with Gasteiger partial charge in [-0.2, -0.15) is 4.80 Å². The minimum Gasteiger partial charge on any atom is -0.296 e. The summed E-state index contributed by atoms with van der Waals surface area (Å²) in [6.07, 6.45) is 2.36. The van der Waals surface area contributed by atoms with Gasteiger partial charge in [-0.15, -0.1) is 10.2 Å². The molecular formula is C8H13N5O. The predicted octanol–water partition coefficient (Wildman–Crippen LogP) is -0.511. The van der Waals surface area contributed by atoms with Gasteiger partial charge in [-0.3, -0.25) is 9.69 Å². The number of ketones is 1. The molecule has 0 spiro atoms. The van der Waals surface area contributed by atoms with Crippen molar-refractivity contribution in [1.82, 2.24) is 25.1 Å². The molecule has 0 saturated carbocycles. The molecule has 1 aromatic rings. The zero-order valence-corrected chi connectivity index (χ0v) is 8.18. The molecule has 6 nitrogen and oxygen atoms in total. The maximum Gasteiger partial charge on any atom is 0.241 e. The first-order valence-electron chi connectivity index (χ1n) is 4.75. The van der Waals surface area contributed by atoms with Gasteiger partial charge in [0.15, 0.2) is 0 Å². The molecule has 1 saturated heterocycles. The molecule has 0 atom stereocenters. The predicted molar refractivity (Wildman–Crippen MR) is 48.8 cm³/mol. The number of hydrogen-bond acceptors (Lipinski definition) is 5. The van der Waals surface area contributed by atoms with Gasteiger partial charge in [-0.25, -0.2) is 0 Å². The maximum atomic E-state index is 11.6. The third-order valence-electron chi connectivity index (χ3n) is 2.32. The molecule has 1 fully saturated rings. The van der Waals surface area contributed by atoms with Gasteiger partial charge in [0.2, 0.25) is 11.6 Å². The molecule has 1 aromatic heterocycles. The molecule has 2 heterocycles. The van der Waals surface area contributed by atoms with E-state index in [9.17, 15) is 4.79 Å². The third-order valence-corrected chi connectivity index (χ3v) is 2.32. The lowest BCUT2D eigenvalue weighted by molar-refractivity contribution is 0.0934. The number of hydrogen-bond donors (Lipinski definition) is 0. The molecule has 6 heteroatoms. The van der Waals surface area contributed by atoms with Crippen LogP contribution in [0.4, 0.5) is 0 Å². The van der Waals surface area contributed by atoms with Crippen molar-refractivity contribution in [1.29, 1.82) is 0 Å². The Morgan fingerprint density at radius 1 is 1.43 bits per heavy atom. The second-order valence-electron chi connectivity index (χ2n) is 3.51. The number of carbonyl (C=O) groups is 1. The molecule has 0 N–H and O–H groups in total. The highest BCUT2D eigenvalue weighted by Crippen LogP contribution is 2.07. The van der Waals surface area contributed by atoms with Crippen molar-refractivity contribution in [3.05, 3.63) is 5.82 Å². The van der Waals surface area contributed by atoms with Crippen molar-refractivity contribution >= 4 is 5.78 Å². The standard InChI is InChI=1S/C8H13N5O/c1-12-10-8(9-11-12)7(14)6-13-4-2-3-5-13/h2-6H2,1H3. The Hall–Kier alpha value is -1.30. The minimum absolute atomic E-state index is 0.0417. The Morgan fingerprint density at radius 2 is 2.14 bits per heavy atom. The number of carbonyl (C=O) groups excluding carboxylic acids is 1. The summed E-state index contributed by atoms with van der Waals surface area (Å²) < 4.78 is 0. The summed E-state index contributed by atoms with van der Waals surface area (Å²) in [5.41, 5.74) is 0. The van der Waals surface area contributed by atoms with Gasteiger partial charge in [0.25, 0.3) is 0 Å². The highest BCUT2D eigenvalue weighted by Gasteiger charge is 2.18. The van der Waals surface area contributed by atoms with Crippen molar-refractivity contribution in [2.24, 2.45) is 7.05 Å². The summed E-state index contributed by atoms with van der Waals surface area (Å²) in [5.74, 6) is 0.180. The molecule has 0 aromatic carbocycles. The first-order valence-corrected chi connectivity index (χ1v) is 4.75. The van der Waals surface area contributed by atoms with Crippen LogP contribution in [0.3, 0.4) is 0 Å². The molecule has 0 aliphatic carbocycles. The number of aryl methyl sites for hydroxylation is 1. The van der Waals surface area contributed by atoms with Crippen molar-refractivity contribution in [2.45, 2.75) is 12.8 Å². The van der Waals surface area contributed by atoms with Crippen molar-refractivity contribution in [3.8, 4) is 0 Å². The summed E-state index contributed by atoms with van der Waals surface area (Å²) in [6, 6.07) is 0. The fraction of sp³-hybridized carbons (Fsp3) is 0.750. The van der Waals surface area contributed by atoms with Crippen LogP contribution in [-0.2, 0) is 7.05 Å². The van der Waals surface area contributed by atoms with Gasteiger partial charge >= 0.3 is 0 Å². The van der Waals surface area contributed by atoms with Crippen LogP contribution in [0, 0.1) is 0 Å².